The normalized spacial score (nSPS) is 10.6. The molecule has 2 aromatic rings. The van der Waals surface area contributed by atoms with Crippen molar-refractivity contribution >= 4 is 23.6 Å². The van der Waals surface area contributed by atoms with Crippen LogP contribution in [0.15, 0.2) is 15.7 Å². The number of carbonyl (C=O) groups is 1. The standard InChI is InChI=1S/C8H11N7O2S/c1-15-7(9)12-13-8(15)18-3-4-2-5(14-17-4)6(16)11-10/h2H,3,10H2,1H3,(H2,9,12)(H,11,16). The Morgan fingerprint density at radius 3 is 3.00 bits per heavy atom. The molecule has 0 bridgehead atoms. The molecule has 5 N–H and O–H groups in total. The molecule has 1 amide bonds. The molecule has 0 aromatic carbocycles. The minimum atomic E-state index is -0.502. The maximum absolute atomic E-state index is 11.2. The van der Waals surface area contributed by atoms with E-state index in [9.17, 15) is 4.79 Å². The second kappa shape index (κ2) is 5.06. The number of hydrazine groups is 1. The third-order valence-electron chi connectivity index (χ3n) is 2.13. The molecule has 0 unspecified atom stereocenters. The van der Waals surface area contributed by atoms with E-state index < -0.39 is 5.91 Å². The number of nitrogens with zero attached hydrogens (tertiary/aromatic N) is 4. The number of nitrogens with one attached hydrogen (secondary N) is 1. The van der Waals surface area contributed by atoms with Crippen LogP contribution in [-0.4, -0.2) is 25.8 Å². The molecule has 0 spiro atoms. The first kappa shape index (κ1) is 12.4. The number of rotatable bonds is 4. The van der Waals surface area contributed by atoms with Crippen molar-refractivity contribution in [1.29, 1.82) is 0 Å². The number of nitrogen functional groups attached to an aromatic ring is 2. The first-order chi connectivity index (χ1) is 8.61. The number of amides is 1. The van der Waals surface area contributed by atoms with Gasteiger partial charge in [0, 0.05) is 13.1 Å². The second-order valence-corrected chi connectivity index (χ2v) is 4.28. The van der Waals surface area contributed by atoms with Gasteiger partial charge in [-0.2, -0.15) is 0 Å². The van der Waals surface area contributed by atoms with Crippen LogP contribution < -0.4 is 17.0 Å². The van der Waals surface area contributed by atoms with Crippen LogP contribution in [0.25, 0.3) is 0 Å². The summed E-state index contributed by atoms with van der Waals surface area (Å²) in [5.74, 6) is 5.79. The van der Waals surface area contributed by atoms with Gasteiger partial charge in [-0.3, -0.25) is 14.8 Å². The third kappa shape index (κ3) is 2.43. The fourth-order valence-corrected chi connectivity index (χ4v) is 1.94. The van der Waals surface area contributed by atoms with Gasteiger partial charge in [0.1, 0.15) is 5.76 Å². The molecule has 2 rings (SSSR count). The molecule has 2 aromatic heterocycles. The van der Waals surface area contributed by atoms with Crippen molar-refractivity contribution in [3.63, 3.8) is 0 Å². The number of anilines is 1. The van der Waals surface area contributed by atoms with E-state index in [0.717, 1.165) is 0 Å². The maximum atomic E-state index is 11.2. The summed E-state index contributed by atoms with van der Waals surface area (Å²) in [5, 5.41) is 11.8. The van der Waals surface area contributed by atoms with Gasteiger partial charge in [-0.25, -0.2) is 5.84 Å². The van der Waals surface area contributed by atoms with E-state index in [2.05, 4.69) is 15.4 Å². The number of carbonyl (C=O) groups excluding carboxylic acids is 1. The Morgan fingerprint density at radius 1 is 1.61 bits per heavy atom. The Kier molecular flexibility index (Phi) is 3.48. The molecule has 0 aliphatic rings. The van der Waals surface area contributed by atoms with Gasteiger partial charge >= 0.3 is 0 Å². The lowest BCUT2D eigenvalue weighted by Crippen LogP contribution is -2.30. The average molecular weight is 269 g/mol. The highest BCUT2D eigenvalue weighted by Crippen LogP contribution is 2.21. The fraction of sp³-hybridized carbons (Fsp3) is 0.250. The van der Waals surface area contributed by atoms with Crippen LogP contribution in [0.5, 0.6) is 0 Å². The van der Waals surface area contributed by atoms with E-state index >= 15 is 0 Å². The van der Waals surface area contributed by atoms with Crippen molar-refractivity contribution in [1.82, 2.24) is 25.3 Å². The van der Waals surface area contributed by atoms with Crippen LogP contribution in [-0.2, 0) is 12.8 Å². The smallest absolute Gasteiger partial charge is 0.287 e. The summed E-state index contributed by atoms with van der Waals surface area (Å²) >= 11 is 1.37. The van der Waals surface area contributed by atoms with Gasteiger partial charge in [-0.1, -0.05) is 16.9 Å². The topological polar surface area (TPSA) is 138 Å². The number of hydrogen-bond donors (Lipinski definition) is 3. The predicted molar refractivity (Wildman–Crippen MR) is 63.1 cm³/mol. The van der Waals surface area contributed by atoms with Crippen molar-refractivity contribution in [3.8, 4) is 0 Å². The molecule has 0 radical (unpaired) electrons. The number of hydrogen-bond acceptors (Lipinski definition) is 8. The van der Waals surface area contributed by atoms with Gasteiger partial charge < -0.3 is 10.3 Å². The minimum Gasteiger partial charge on any atom is -0.368 e. The van der Waals surface area contributed by atoms with Crippen LogP contribution in [0, 0.1) is 0 Å². The second-order valence-electron chi connectivity index (χ2n) is 3.34. The maximum Gasteiger partial charge on any atom is 0.287 e. The Labute approximate surface area is 106 Å². The van der Waals surface area contributed by atoms with E-state index in [1.807, 2.05) is 5.43 Å². The van der Waals surface area contributed by atoms with Gasteiger partial charge in [-0.05, 0) is 0 Å². The van der Waals surface area contributed by atoms with Gasteiger partial charge in [0.2, 0.25) is 5.95 Å². The van der Waals surface area contributed by atoms with Gasteiger partial charge in [0.05, 0.1) is 5.75 Å². The van der Waals surface area contributed by atoms with Crippen molar-refractivity contribution in [2.75, 3.05) is 5.73 Å². The zero-order chi connectivity index (χ0) is 13.1. The van der Waals surface area contributed by atoms with E-state index in [1.165, 1.54) is 17.8 Å². The SMILES string of the molecule is Cn1c(N)nnc1SCc1cc(C(=O)NN)no1. The number of aromatic nitrogens is 4. The van der Waals surface area contributed by atoms with Crippen molar-refractivity contribution < 1.29 is 9.32 Å². The summed E-state index contributed by atoms with van der Waals surface area (Å²) in [6.07, 6.45) is 0. The monoisotopic (exact) mass is 269 g/mol. The summed E-state index contributed by atoms with van der Waals surface area (Å²) in [7, 11) is 1.76. The van der Waals surface area contributed by atoms with Crippen LogP contribution in [0.2, 0.25) is 0 Å². The summed E-state index contributed by atoms with van der Waals surface area (Å²) in [6.45, 7) is 0. The predicted octanol–water partition coefficient (Wildman–Crippen LogP) is -0.719. The van der Waals surface area contributed by atoms with Crippen LogP contribution in [0.4, 0.5) is 5.95 Å². The van der Waals surface area contributed by atoms with Crippen molar-refractivity contribution in [2.45, 2.75) is 10.9 Å². The quantitative estimate of drug-likeness (QED) is 0.286. The Morgan fingerprint density at radius 2 is 2.39 bits per heavy atom. The molecule has 96 valence electrons. The summed E-state index contributed by atoms with van der Waals surface area (Å²) in [5.41, 5.74) is 7.64. The lowest BCUT2D eigenvalue weighted by atomic mass is 10.4. The molecule has 0 atom stereocenters. The van der Waals surface area contributed by atoms with E-state index in [-0.39, 0.29) is 5.69 Å². The van der Waals surface area contributed by atoms with E-state index in [4.69, 9.17) is 16.1 Å². The molecule has 0 aliphatic heterocycles. The van der Waals surface area contributed by atoms with Gasteiger partial charge in [0.25, 0.3) is 5.91 Å². The van der Waals surface area contributed by atoms with E-state index in [1.54, 1.807) is 11.6 Å². The molecular formula is C8H11N7O2S. The zero-order valence-corrected chi connectivity index (χ0v) is 10.3. The highest BCUT2D eigenvalue weighted by molar-refractivity contribution is 7.98. The Balaban J connectivity index is 2.00. The lowest BCUT2D eigenvalue weighted by Gasteiger charge is -1.98. The third-order valence-corrected chi connectivity index (χ3v) is 3.18. The molecule has 2 heterocycles. The summed E-state index contributed by atoms with van der Waals surface area (Å²) in [6, 6.07) is 1.51. The molecule has 18 heavy (non-hydrogen) atoms. The zero-order valence-electron chi connectivity index (χ0n) is 9.45. The van der Waals surface area contributed by atoms with Gasteiger partial charge in [0.15, 0.2) is 10.9 Å². The largest absolute Gasteiger partial charge is 0.368 e. The van der Waals surface area contributed by atoms with Crippen LogP contribution in [0.3, 0.4) is 0 Å². The van der Waals surface area contributed by atoms with E-state index in [0.29, 0.717) is 22.6 Å². The van der Waals surface area contributed by atoms with Crippen LogP contribution >= 0.6 is 11.8 Å². The summed E-state index contributed by atoms with van der Waals surface area (Å²) < 4.78 is 6.63. The summed E-state index contributed by atoms with van der Waals surface area (Å²) in [4.78, 5) is 11.2. The molecule has 9 nitrogen and oxygen atoms in total. The van der Waals surface area contributed by atoms with Crippen molar-refractivity contribution in [3.05, 3.63) is 17.5 Å². The van der Waals surface area contributed by atoms with Crippen LogP contribution in [0.1, 0.15) is 16.2 Å². The molecule has 0 fully saturated rings. The first-order valence-corrected chi connectivity index (χ1v) is 5.84. The Hall–Kier alpha value is -2.07. The average Bonchev–Trinajstić information content (AvgIpc) is 2.96. The Bertz CT molecular complexity index is 564. The highest BCUT2D eigenvalue weighted by Gasteiger charge is 2.13. The fourth-order valence-electron chi connectivity index (χ4n) is 1.15. The van der Waals surface area contributed by atoms with Crippen molar-refractivity contribution in [2.24, 2.45) is 12.9 Å². The molecule has 0 saturated carbocycles. The number of thioether (sulfide) groups is 1. The molecular weight excluding hydrogens is 258 g/mol. The minimum absolute atomic E-state index is 0.130. The molecule has 0 saturated heterocycles. The lowest BCUT2D eigenvalue weighted by molar-refractivity contribution is 0.0944. The first-order valence-electron chi connectivity index (χ1n) is 4.86. The highest BCUT2D eigenvalue weighted by atomic mass is 32.2. The molecule has 10 heteroatoms. The molecule has 0 aliphatic carbocycles. The number of nitrogens with two attached hydrogens (primary N) is 2. The van der Waals surface area contributed by atoms with Gasteiger partial charge in [-0.15, -0.1) is 10.2 Å².